The molecular weight excluding hydrogens is 252 g/mol. The van der Waals surface area contributed by atoms with Crippen LogP contribution in [0.1, 0.15) is 12.7 Å². The number of halogens is 1. The number of rotatable bonds is 3. The van der Waals surface area contributed by atoms with Crippen molar-refractivity contribution in [3.8, 4) is 0 Å². The molecule has 0 aliphatic carbocycles. The van der Waals surface area contributed by atoms with Gasteiger partial charge in [0.15, 0.2) is 0 Å². The second kappa shape index (κ2) is 5.10. The molecule has 18 heavy (non-hydrogen) atoms. The van der Waals surface area contributed by atoms with Gasteiger partial charge in [0.2, 0.25) is 0 Å². The fraction of sp³-hybridized carbons (Fsp3) is 0.167. The molecule has 2 rings (SSSR count). The topological polar surface area (TPSA) is 83.8 Å². The Balaban J connectivity index is 2.36. The van der Waals surface area contributed by atoms with Crippen molar-refractivity contribution in [1.82, 2.24) is 9.97 Å². The third-order valence-electron chi connectivity index (χ3n) is 2.38. The minimum absolute atomic E-state index is 0.204. The van der Waals surface area contributed by atoms with Gasteiger partial charge < -0.3 is 16.0 Å². The van der Waals surface area contributed by atoms with E-state index in [0.717, 1.165) is 0 Å². The van der Waals surface area contributed by atoms with Gasteiger partial charge in [0.25, 0.3) is 5.56 Å². The van der Waals surface area contributed by atoms with Gasteiger partial charge in [-0.05, 0) is 18.2 Å². The molecule has 0 aliphatic heterocycles. The summed E-state index contributed by atoms with van der Waals surface area (Å²) < 4.78 is 0. The van der Waals surface area contributed by atoms with Crippen LogP contribution in [0.5, 0.6) is 0 Å². The number of hydrogen-bond acceptors (Lipinski definition) is 4. The van der Waals surface area contributed by atoms with Crippen LogP contribution in [0.2, 0.25) is 5.02 Å². The molecule has 0 spiro atoms. The normalized spacial score (nSPS) is 10.3. The molecule has 4 N–H and O–H groups in total. The third kappa shape index (κ3) is 2.81. The smallest absolute Gasteiger partial charge is 0.252 e. The third-order valence-corrected chi connectivity index (χ3v) is 2.71. The van der Waals surface area contributed by atoms with Crippen molar-refractivity contribution in [3.63, 3.8) is 0 Å². The number of aryl methyl sites for hydroxylation is 1. The summed E-state index contributed by atoms with van der Waals surface area (Å²) in [5, 5.41) is 3.50. The van der Waals surface area contributed by atoms with E-state index < -0.39 is 0 Å². The molecule has 0 unspecified atom stereocenters. The quantitative estimate of drug-likeness (QED) is 0.743. The van der Waals surface area contributed by atoms with Crippen molar-refractivity contribution < 1.29 is 0 Å². The van der Waals surface area contributed by atoms with E-state index in [9.17, 15) is 4.79 Å². The van der Waals surface area contributed by atoms with Gasteiger partial charge in [0.1, 0.15) is 11.6 Å². The zero-order chi connectivity index (χ0) is 13.1. The molecule has 1 aromatic heterocycles. The molecule has 0 aliphatic rings. The van der Waals surface area contributed by atoms with Crippen LogP contribution in [0.4, 0.5) is 17.2 Å². The minimum Gasteiger partial charge on any atom is -0.399 e. The van der Waals surface area contributed by atoms with Crippen LogP contribution >= 0.6 is 11.6 Å². The van der Waals surface area contributed by atoms with E-state index in [-0.39, 0.29) is 5.56 Å². The van der Waals surface area contributed by atoms with E-state index in [1.165, 1.54) is 6.07 Å². The highest BCUT2D eigenvalue weighted by molar-refractivity contribution is 6.33. The van der Waals surface area contributed by atoms with E-state index in [2.05, 4.69) is 15.3 Å². The first-order chi connectivity index (χ1) is 8.58. The molecule has 0 bridgehead atoms. The van der Waals surface area contributed by atoms with Gasteiger partial charge in [0, 0.05) is 18.2 Å². The number of nitrogen functional groups attached to an aromatic ring is 1. The number of aromatic nitrogens is 2. The lowest BCUT2D eigenvalue weighted by Gasteiger charge is -2.09. The van der Waals surface area contributed by atoms with E-state index in [0.29, 0.717) is 34.5 Å². The molecule has 5 nitrogen and oxygen atoms in total. The lowest BCUT2D eigenvalue weighted by molar-refractivity contribution is 0.924. The van der Waals surface area contributed by atoms with Gasteiger partial charge in [-0.1, -0.05) is 18.5 Å². The molecule has 1 heterocycles. The van der Waals surface area contributed by atoms with Crippen LogP contribution in [-0.2, 0) is 6.42 Å². The zero-order valence-electron chi connectivity index (χ0n) is 9.83. The van der Waals surface area contributed by atoms with Crippen molar-refractivity contribution in [1.29, 1.82) is 0 Å². The molecule has 0 fully saturated rings. The number of nitrogens with zero attached hydrogens (tertiary/aromatic N) is 1. The highest BCUT2D eigenvalue weighted by atomic mass is 35.5. The predicted octanol–water partition coefficient (Wildman–Crippen LogP) is 2.31. The molecule has 2 aromatic rings. The molecular formula is C12H13ClN4O. The van der Waals surface area contributed by atoms with Crippen LogP contribution in [-0.4, -0.2) is 9.97 Å². The van der Waals surface area contributed by atoms with Crippen LogP contribution in [0.25, 0.3) is 0 Å². The summed E-state index contributed by atoms with van der Waals surface area (Å²) in [7, 11) is 0. The molecule has 0 radical (unpaired) electrons. The minimum atomic E-state index is -0.204. The molecule has 6 heteroatoms. The van der Waals surface area contributed by atoms with Crippen molar-refractivity contribution in [3.05, 3.63) is 45.5 Å². The Kier molecular flexibility index (Phi) is 3.53. The number of benzene rings is 1. The maximum Gasteiger partial charge on any atom is 0.252 e. The van der Waals surface area contributed by atoms with E-state index in [1.54, 1.807) is 18.2 Å². The van der Waals surface area contributed by atoms with Crippen molar-refractivity contribution >= 4 is 28.8 Å². The van der Waals surface area contributed by atoms with Gasteiger partial charge in [-0.25, -0.2) is 4.98 Å². The summed E-state index contributed by atoms with van der Waals surface area (Å²) in [6, 6.07) is 6.46. The Morgan fingerprint density at radius 2 is 2.22 bits per heavy atom. The van der Waals surface area contributed by atoms with Crippen molar-refractivity contribution in [2.24, 2.45) is 0 Å². The molecule has 0 atom stereocenters. The second-order valence-electron chi connectivity index (χ2n) is 3.80. The highest BCUT2D eigenvalue weighted by Gasteiger charge is 2.04. The Labute approximate surface area is 109 Å². The average molecular weight is 265 g/mol. The number of nitrogens with one attached hydrogen (secondary N) is 2. The summed E-state index contributed by atoms with van der Waals surface area (Å²) >= 11 is 6.03. The first-order valence-corrected chi connectivity index (χ1v) is 5.88. The van der Waals surface area contributed by atoms with Gasteiger partial charge in [-0.15, -0.1) is 0 Å². The summed E-state index contributed by atoms with van der Waals surface area (Å²) in [6.45, 7) is 1.91. The van der Waals surface area contributed by atoms with E-state index in [4.69, 9.17) is 17.3 Å². The average Bonchev–Trinajstić information content (AvgIpc) is 2.33. The Bertz CT molecular complexity index is 624. The van der Waals surface area contributed by atoms with E-state index >= 15 is 0 Å². The Hall–Kier alpha value is -2.01. The van der Waals surface area contributed by atoms with Crippen LogP contribution in [0, 0.1) is 0 Å². The standard InChI is InChI=1S/C12H13ClN4O/c1-2-10-16-11(6-12(18)17-10)15-9-5-7(14)3-4-8(9)13/h3-6H,2,14H2,1H3,(H2,15,16,17,18). The van der Waals surface area contributed by atoms with Crippen molar-refractivity contribution in [2.75, 3.05) is 11.1 Å². The Morgan fingerprint density at radius 3 is 2.94 bits per heavy atom. The van der Waals surface area contributed by atoms with Crippen molar-refractivity contribution in [2.45, 2.75) is 13.3 Å². The first kappa shape index (κ1) is 12.4. The molecule has 94 valence electrons. The first-order valence-electron chi connectivity index (χ1n) is 5.51. The van der Waals surface area contributed by atoms with Gasteiger partial charge in [-0.3, -0.25) is 4.79 Å². The van der Waals surface area contributed by atoms with Crippen LogP contribution in [0.3, 0.4) is 0 Å². The molecule has 0 amide bonds. The predicted molar refractivity (Wildman–Crippen MR) is 73.4 cm³/mol. The SMILES string of the molecule is CCc1nc(Nc2cc(N)ccc2Cl)cc(=O)[nH]1. The van der Waals surface area contributed by atoms with Crippen LogP contribution < -0.4 is 16.6 Å². The van der Waals surface area contributed by atoms with E-state index in [1.807, 2.05) is 6.92 Å². The number of nitrogens with two attached hydrogens (primary N) is 1. The monoisotopic (exact) mass is 264 g/mol. The maximum absolute atomic E-state index is 11.4. The second-order valence-corrected chi connectivity index (χ2v) is 4.20. The maximum atomic E-state index is 11.4. The summed E-state index contributed by atoms with van der Waals surface area (Å²) in [5.74, 6) is 1.06. The van der Waals surface area contributed by atoms with Crippen LogP contribution in [0.15, 0.2) is 29.1 Å². The number of anilines is 3. The fourth-order valence-electron chi connectivity index (χ4n) is 1.52. The fourth-order valence-corrected chi connectivity index (χ4v) is 1.68. The number of hydrogen-bond donors (Lipinski definition) is 3. The molecule has 0 saturated carbocycles. The lowest BCUT2D eigenvalue weighted by atomic mass is 10.3. The van der Waals surface area contributed by atoms with Gasteiger partial charge >= 0.3 is 0 Å². The zero-order valence-corrected chi connectivity index (χ0v) is 10.6. The molecule has 0 saturated heterocycles. The summed E-state index contributed by atoms with van der Waals surface area (Å²) in [4.78, 5) is 18.3. The van der Waals surface area contributed by atoms with Gasteiger partial charge in [0.05, 0.1) is 10.7 Å². The van der Waals surface area contributed by atoms with Gasteiger partial charge in [-0.2, -0.15) is 0 Å². The summed E-state index contributed by atoms with van der Waals surface area (Å²) in [6.07, 6.45) is 0.648. The Morgan fingerprint density at radius 1 is 1.44 bits per heavy atom. The molecule has 1 aromatic carbocycles. The largest absolute Gasteiger partial charge is 0.399 e. The number of H-pyrrole nitrogens is 1. The lowest BCUT2D eigenvalue weighted by Crippen LogP contribution is -2.11. The highest BCUT2D eigenvalue weighted by Crippen LogP contribution is 2.26. The summed E-state index contributed by atoms with van der Waals surface area (Å²) in [5.41, 5.74) is 6.68. The number of aromatic amines is 1.